The number of aryl methyl sites for hydroxylation is 1. The molecule has 3 heterocycles. The molecule has 2 aromatic heterocycles. The van der Waals surface area contributed by atoms with Gasteiger partial charge in [0.1, 0.15) is 5.69 Å². The van der Waals surface area contributed by atoms with Gasteiger partial charge in [-0.25, -0.2) is 4.98 Å². The molecule has 22 heavy (non-hydrogen) atoms. The summed E-state index contributed by atoms with van der Waals surface area (Å²) < 4.78 is 1.90. The Morgan fingerprint density at radius 3 is 3.23 bits per heavy atom. The van der Waals surface area contributed by atoms with Crippen LogP contribution < -0.4 is 10.6 Å². The van der Waals surface area contributed by atoms with Gasteiger partial charge in [0, 0.05) is 18.1 Å². The van der Waals surface area contributed by atoms with E-state index in [4.69, 9.17) is 0 Å². The Bertz CT molecular complexity index is 629. The van der Waals surface area contributed by atoms with E-state index in [1.165, 1.54) is 0 Å². The van der Waals surface area contributed by atoms with Gasteiger partial charge in [-0.1, -0.05) is 6.92 Å². The third-order valence-electron chi connectivity index (χ3n) is 3.82. The summed E-state index contributed by atoms with van der Waals surface area (Å²) in [5.41, 5.74) is 1.38. The van der Waals surface area contributed by atoms with Crippen molar-refractivity contribution in [2.45, 2.75) is 38.8 Å². The van der Waals surface area contributed by atoms with Crippen LogP contribution in [0.25, 0.3) is 0 Å². The summed E-state index contributed by atoms with van der Waals surface area (Å²) in [5.74, 6) is -0.145. The van der Waals surface area contributed by atoms with E-state index in [1.54, 1.807) is 17.4 Å². The smallest absolute Gasteiger partial charge is 0.272 e. The van der Waals surface area contributed by atoms with Crippen LogP contribution in [0.4, 0.5) is 0 Å². The Balaban J connectivity index is 1.56. The number of nitrogens with zero attached hydrogens (tertiary/aromatic N) is 3. The first-order valence-corrected chi connectivity index (χ1v) is 8.61. The highest BCUT2D eigenvalue weighted by molar-refractivity contribution is 7.09. The number of carbonyl (C=O) groups is 1. The quantitative estimate of drug-likeness (QED) is 0.881. The molecule has 2 N–H and O–H groups in total. The summed E-state index contributed by atoms with van der Waals surface area (Å²) in [5, 5.41) is 13.7. The minimum atomic E-state index is -0.145. The molecule has 0 spiro atoms. The van der Waals surface area contributed by atoms with Crippen molar-refractivity contribution in [3.63, 3.8) is 0 Å². The van der Waals surface area contributed by atoms with E-state index in [0.29, 0.717) is 18.3 Å². The van der Waals surface area contributed by atoms with Gasteiger partial charge >= 0.3 is 0 Å². The molecule has 1 amide bonds. The lowest BCUT2D eigenvalue weighted by atomic mass is 10.1. The summed E-state index contributed by atoms with van der Waals surface area (Å²) in [6, 6.07) is 2.13. The predicted molar refractivity (Wildman–Crippen MR) is 86.0 cm³/mol. The fourth-order valence-electron chi connectivity index (χ4n) is 2.58. The number of thiazole rings is 1. The first-order valence-electron chi connectivity index (χ1n) is 7.73. The van der Waals surface area contributed by atoms with Crippen molar-refractivity contribution < 1.29 is 4.79 Å². The van der Waals surface area contributed by atoms with Crippen LogP contribution in [0.2, 0.25) is 0 Å². The van der Waals surface area contributed by atoms with Gasteiger partial charge in [-0.05, 0) is 31.9 Å². The van der Waals surface area contributed by atoms with E-state index in [-0.39, 0.29) is 5.91 Å². The molecule has 3 rings (SSSR count). The van der Waals surface area contributed by atoms with E-state index in [0.717, 1.165) is 43.1 Å². The number of hydrogen-bond donors (Lipinski definition) is 2. The van der Waals surface area contributed by atoms with Crippen LogP contribution in [-0.4, -0.2) is 33.8 Å². The molecule has 0 saturated carbocycles. The molecular weight excluding hydrogens is 298 g/mol. The molecule has 0 radical (unpaired) electrons. The first kappa shape index (κ1) is 15.2. The van der Waals surface area contributed by atoms with Gasteiger partial charge in [-0.3, -0.25) is 9.48 Å². The molecule has 1 aliphatic heterocycles. The number of carbonyl (C=O) groups excluding carboxylic acids is 1. The van der Waals surface area contributed by atoms with Crippen molar-refractivity contribution in [2.75, 3.05) is 13.1 Å². The summed E-state index contributed by atoms with van der Waals surface area (Å²) in [7, 11) is 0. The zero-order valence-corrected chi connectivity index (χ0v) is 13.5. The molecule has 118 valence electrons. The van der Waals surface area contributed by atoms with Crippen LogP contribution in [0.3, 0.4) is 0 Å². The number of nitrogens with one attached hydrogen (secondary N) is 2. The molecule has 2 aromatic rings. The highest BCUT2D eigenvalue weighted by Crippen LogP contribution is 2.16. The normalized spacial score (nSPS) is 18.3. The molecule has 1 unspecified atom stereocenters. The van der Waals surface area contributed by atoms with Crippen molar-refractivity contribution in [3.05, 3.63) is 34.0 Å². The molecule has 1 fully saturated rings. The molecule has 7 heteroatoms. The Morgan fingerprint density at radius 2 is 2.50 bits per heavy atom. The molecule has 0 bridgehead atoms. The van der Waals surface area contributed by atoms with Gasteiger partial charge in [-0.2, -0.15) is 5.10 Å². The lowest BCUT2D eigenvalue weighted by molar-refractivity contribution is 0.0944. The Morgan fingerprint density at radius 1 is 1.59 bits per heavy atom. The van der Waals surface area contributed by atoms with Crippen molar-refractivity contribution >= 4 is 17.2 Å². The van der Waals surface area contributed by atoms with Crippen LogP contribution in [0.15, 0.2) is 17.6 Å². The molecule has 1 atom stereocenters. The lowest BCUT2D eigenvalue weighted by Crippen LogP contribution is -2.32. The van der Waals surface area contributed by atoms with Crippen molar-refractivity contribution in [2.24, 2.45) is 0 Å². The maximum absolute atomic E-state index is 12.2. The minimum Gasteiger partial charge on any atom is -0.345 e. The molecule has 0 aromatic carbocycles. The highest BCUT2D eigenvalue weighted by Gasteiger charge is 2.17. The van der Waals surface area contributed by atoms with Gasteiger partial charge in [-0.15, -0.1) is 11.3 Å². The lowest BCUT2D eigenvalue weighted by Gasteiger charge is -2.22. The van der Waals surface area contributed by atoms with Crippen molar-refractivity contribution in [1.29, 1.82) is 0 Å². The van der Waals surface area contributed by atoms with Gasteiger partial charge in [0.2, 0.25) is 0 Å². The van der Waals surface area contributed by atoms with E-state index in [1.807, 2.05) is 16.3 Å². The van der Waals surface area contributed by atoms with E-state index in [2.05, 4.69) is 27.6 Å². The number of rotatable bonds is 5. The first-order chi connectivity index (χ1) is 10.8. The highest BCUT2D eigenvalue weighted by atomic mass is 32.1. The van der Waals surface area contributed by atoms with Crippen molar-refractivity contribution in [1.82, 2.24) is 25.4 Å². The summed E-state index contributed by atoms with van der Waals surface area (Å²) in [6.45, 7) is 4.51. The second-order valence-electron chi connectivity index (χ2n) is 5.45. The number of piperidine rings is 1. The minimum absolute atomic E-state index is 0.145. The Hall–Kier alpha value is -1.73. The third-order valence-corrected chi connectivity index (χ3v) is 4.86. The van der Waals surface area contributed by atoms with Crippen molar-refractivity contribution in [3.8, 4) is 0 Å². The Labute approximate surface area is 133 Å². The fourth-order valence-corrected chi connectivity index (χ4v) is 3.32. The predicted octanol–water partition coefficient (Wildman–Crippen LogP) is 1.76. The largest absolute Gasteiger partial charge is 0.345 e. The van der Waals surface area contributed by atoms with E-state index >= 15 is 0 Å². The number of amides is 1. The van der Waals surface area contributed by atoms with Gasteiger partial charge in [0.05, 0.1) is 23.3 Å². The molecular formula is C15H21N5OS. The van der Waals surface area contributed by atoms with Crippen LogP contribution in [0.1, 0.15) is 47.0 Å². The maximum Gasteiger partial charge on any atom is 0.272 e. The van der Waals surface area contributed by atoms with E-state index < -0.39 is 0 Å². The zero-order chi connectivity index (χ0) is 15.4. The summed E-state index contributed by atoms with van der Waals surface area (Å²) >= 11 is 1.63. The average molecular weight is 319 g/mol. The zero-order valence-electron chi connectivity index (χ0n) is 12.7. The van der Waals surface area contributed by atoms with Gasteiger partial charge < -0.3 is 10.6 Å². The monoisotopic (exact) mass is 319 g/mol. The second kappa shape index (κ2) is 7.02. The number of hydrogen-bond acceptors (Lipinski definition) is 5. The molecule has 1 saturated heterocycles. The van der Waals surface area contributed by atoms with Crippen LogP contribution in [0, 0.1) is 0 Å². The van der Waals surface area contributed by atoms with Gasteiger partial charge in [0.25, 0.3) is 5.91 Å². The number of aromatic nitrogens is 3. The van der Waals surface area contributed by atoms with Crippen LogP contribution >= 0.6 is 11.3 Å². The fraction of sp³-hybridized carbons (Fsp3) is 0.533. The second-order valence-corrected chi connectivity index (χ2v) is 6.39. The van der Waals surface area contributed by atoms with Gasteiger partial charge in [0.15, 0.2) is 0 Å². The average Bonchev–Trinajstić information content (AvgIpc) is 3.22. The maximum atomic E-state index is 12.2. The SMILES string of the molecule is CCc1nc(CNC(=O)c2ccn(C3CCCNC3)n2)cs1. The topological polar surface area (TPSA) is 71.8 Å². The summed E-state index contributed by atoms with van der Waals surface area (Å²) in [4.78, 5) is 16.6. The van der Waals surface area contributed by atoms with Crippen LogP contribution in [0.5, 0.6) is 0 Å². The molecule has 1 aliphatic rings. The standard InChI is InChI=1S/C15H21N5OS/c1-2-14-18-11(10-22-14)8-17-15(21)13-5-7-20(19-13)12-4-3-6-16-9-12/h5,7,10,12,16H,2-4,6,8-9H2,1H3,(H,17,21). The molecule has 6 nitrogen and oxygen atoms in total. The third kappa shape index (κ3) is 3.53. The summed E-state index contributed by atoms with van der Waals surface area (Å²) in [6.07, 6.45) is 5.08. The Kier molecular flexibility index (Phi) is 4.84. The van der Waals surface area contributed by atoms with E-state index in [9.17, 15) is 4.79 Å². The van der Waals surface area contributed by atoms with Crippen LogP contribution in [-0.2, 0) is 13.0 Å². The molecule has 0 aliphatic carbocycles.